The molecule has 160 valence electrons. The van der Waals surface area contributed by atoms with Crippen LogP contribution in [0.5, 0.6) is 0 Å². The molecule has 1 aromatic rings. The molecule has 0 aliphatic carbocycles. The lowest BCUT2D eigenvalue weighted by Crippen LogP contribution is -2.39. The van der Waals surface area contributed by atoms with Gasteiger partial charge in [0.05, 0.1) is 11.8 Å². The van der Waals surface area contributed by atoms with Gasteiger partial charge in [-0.1, -0.05) is 49.3 Å². The Morgan fingerprint density at radius 1 is 1.21 bits per heavy atom. The first-order valence-corrected chi connectivity index (χ1v) is 9.98. The Hall–Kier alpha value is -2.41. The number of oxime groups is 1. The molecular formula is C22H32N2O5. The van der Waals surface area contributed by atoms with Crippen LogP contribution in [0.15, 0.2) is 35.5 Å². The van der Waals surface area contributed by atoms with Gasteiger partial charge in [-0.05, 0) is 39.2 Å². The Balaban J connectivity index is 2.16. The number of hydrogen-bond donors (Lipinski definition) is 1. The zero-order valence-corrected chi connectivity index (χ0v) is 18.0. The van der Waals surface area contributed by atoms with E-state index in [1.807, 2.05) is 71.9 Å². The van der Waals surface area contributed by atoms with Crippen LogP contribution in [0.2, 0.25) is 0 Å². The summed E-state index contributed by atoms with van der Waals surface area (Å²) in [5.41, 5.74) is 1.02. The van der Waals surface area contributed by atoms with E-state index in [9.17, 15) is 9.59 Å². The number of benzene rings is 1. The molecule has 4 atom stereocenters. The number of carbonyl (C=O) groups is 2. The second kappa shape index (κ2) is 9.87. The highest BCUT2D eigenvalue weighted by atomic mass is 16.7. The predicted octanol–water partition coefficient (Wildman–Crippen LogP) is 3.39. The van der Waals surface area contributed by atoms with Gasteiger partial charge in [-0.3, -0.25) is 4.79 Å². The van der Waals surface area contributed by atoms with E-state index in [2.05, 4.69) is 10.5 Å². The van der Waals surface area contributed by atoms with Gasteiger partial charge in [0.1, 0.15) is 17.8 Å². The van der Waals surface area contributed by atoms with Crippen LogP contribution < -0.4 is 5.32 Å². The van der Waals surface area contributed by atoms with Gasteiger partial charge in [0, 0.05) is 6.42 Å². The fourth-order valence-corrected chi connectivity index (χ4v) is 3.16. The summed E-state index contributed by atoms with van der Waals surface area (Å²) in [7, 11) is 0. The topological polar surface area (TPSA) is 86.2 Å². The molecule has 2 rings (SSSR count). The molecule has 7 heteroatoms. The van der Waals surface area contributed by atoms with Crippen molar-refractivity contribution in [1.29, 1.82) is 0 Å². The molecule has 1 unspecified atom stereocenters. The van der Waals surface area contributed by atoms with Gasteiger partial charge < -0.3 is 19.6 Å². The van der Waals surface area contributed by atoms with Gasteiger partial charge >= 0.3 is 5.97 Å². The van der Waals surface area contributed by atoms with Crippen LogP contribution in [0.1, 0.15) is 59.6 Å². The third kappa shape index (κ3) is 6.56. The summed E-state index contributed by atoms with van der Waals surface area (Å²) in [6, 6.07) is 9.46. The Bertz CT molecular complexity index is 712. The average molecular weight is 405 g/mol. The Morgan fingerprint density at radius 2 is 1.86 bits per heavy atom. The Morgan fingerprint density at radius 3 is 2.41 bits per heavy atom. The van der Waals surface area contributed by atoms with Gasteiger partial charge in [0.25, 0.3) is 0 Å². The minimum absolute atomic E-state index is 0.0874. The van der Waals surface area contributed by atoms with E-state index in [1.54, 1.807) is 0 Å². The van der Waals surface area contributed by atoms with E-state index in [4.69, 9.17) is 14.3 Å². The predicted molar refractivity (Wildman–Crippen MR) is 110 cm³/mol. The van der Waals surface area contributed by atoms with Crippen molar-refractivity contribution in [1.82, 2.24) is 5.32 Å². The zero-order valence-electron chi connectivity index (χ0n) is 18.0. The van der Waals surface area contributed by atoms with E-state index in [-0.39, 0.29) is 24.2 Å². The van der Waals surface area contributed by atoms with Crippen molar-refractivity contribution in [3.63, 3.8) is 0 Å². The fourth-order valence-electron chi connectivity index (χ4n) is 3.16. The number of nitrogens with one attached hydrogen (secondary N) is 1. The third-order valence-electron chi connectivity index (χ3n) is 4.50. The van der Waals surface area contributed by atoms with Crippen molar-refractivity contribution in [2.75, 3.05) is 0 Å². The van der Waals surface area contributed by atoms with E-state index >= 15 is 0 Å². The van der Waals surface area contributed by atoms with Crippen LogP contribution in [0.3, 0.4) is 0 Å². The van der Waals surface area contributed by atoms with Crippen molar-refractivity contribution in [2.45, 2.75) is 77.9 Å². The lowest BCUT2D eigenvalue weighted by molar-refractivity contribution is -0.166. The number of hydrogen-bond acceptors (Lipinski definition) is 6. The lowest BCUT2D eigenvalue weighted by atomic mass is 9.96. The number of carbonyl (C=O) groups excluding carboxylic acids is 2. The molecule has 29 heavy (non-hydrogen) atoms. The molecule has 1 aliphatic rings. The molecule has 0 radical (unpaired) electrons. The van der Waals surface area contributed by atoms with Crippen molar-refractivity contribution >= 4 is 18.1 Å². The second-order valence-electron chi connectivity index (χ2n) is 8.62. The molecule has 1 N–H and O–H groups in total. The molecular weight excluding hydrogens is 372 g/mol. The number of rotatable bonds is 9. The molecule has 0 bridgehead atoms. The van der Waals surface area contributed by atoms with Gasteiger partial charge in [-0.25, -0.2) is 4.79 Å². The molecule has 7 nitrogen and oxygen atoms in total. The maximum atomic E-state index is 12.3. The van der Waals surface area contributed by atoms with Crippen LogP contribution in [0.25, 0.3) is 0 Å². The van der Waals surface area contributed by atoms with Crippen molar-refractivity contribution in [3.05, 3.63) is 35.9 Å². The molecule has 1 heterocycles. The van der Waals surface area contributed by atoms with Gasteiger partial charge in [-0.2, -0.15) is 0 Å². The average Bonchev–Trinajstić information content (AvgIpc) is 3.11. The monoisotopic (exact) mass is 404 g/mol. The maximum Gasteiger partial charge on any atom is 0.351 e. The molecule has 1 aliphatic heterocycles. The van der Waals surface area contributed by atoms with E-state index < -0.39 is 17.7 Å². The molecule has 1 aromatic carbocycles. The molecule has 0 saturated carbocycles. The second-order valence-corrected chi connectivity index (χ2v) is 8.62. The normalized spacial score (nSPS) is 19.7. The first-order chi connectivity index (χ1) is 13.6. The van der Waals surface area contributed by atoms with E-state index in [1.165, 1.54) is 0 Å². The highest BCUT2D eigenvalue weighted by Gasteiger charge is 2.38. The largest absolute Gasteiger partial charge is 0.457 e. The first-order valence-electron chi connectivity index (χ1n) is 9.98. The standard InChI is InChI=1S/C22H32N2O5/c1-14(2)19(17-12-18(29-24-17)21(26)28-22(4,5)6)27-20(15(3)23-13-25)16-10-8-7-9-11-16/h7-11,13-15,18-20H,12H2,1-6H3,(H,23,25)/t15-,18?,19+,20-/m0/s1. The lowest BCUT2D eigenvalue weighted by Gasteiger charge is -2.31. The summed E-state index contributed by atoms with van der Waals surface area (Å²) in [6.45, 7) is 11.4. The Labute approximate surface area is 172 Å². The number of ether oxygens (including phenoxy) is 2. The summed E-state index contributed by atoms with van der Waals surface area (Å²) in [6.07, 6.45) is -0.534. The van der Waals surface area contributed by atoms with Crippen LogP contribution in [0.4, 0.5) is 0 Å². The zero-order chi connectivity index (χ0) is 21.6. The summed E-state index contributed by atoms with van der Waals surface area (Å²) in [5.74, 6) is -0.348. The van der Waals surface area contributed by atoms with Gasteiger partial charge in [0.2, 0.25) is 12.5 Å². The first kappa shape index (κ1) is 22.9. The maximum absolute atomic E-state index is 12.3. The summed E-state index contributed by atoms with van der Waals surface area (Å²) in [4.78, 5) is 28.7. The van der Waals surface area contributed by atoms with Crippen LogP contribution in [-0.2, 0) is 23.9 Å². The highest BCUT2D eigenvalue weighted by molar-refractivity contribution is 5.94. The van der Waals surface area contributed by atoms with Crippen LogP contribution in [0, 0.1) is 5.92 Å². The number of amides is 1. The quantitative estimate of drug-likeness (QED) is 0.504. The van der Waals surface area contributed by atoms with Crippen molar-refractivity contribution < 1.29 is 23.9 Å². The molecule has 0 aromatic heterocycles. The smallest absolute Gasteiger partial charge is 0.351 e. The highest BCUT2D eigenvalue weighted by Crippen LogP contribution is 2.29. The van der Waals surface area contributed by atoms with Gasteiger partial charge in [0.15, 0.2) is 0 Å². The van der Waals surface area contributed by atoms with Crippen molar-refractivity contribution in [2.24, 2.45) is 11.1 Å². The molecule has 1 amide bonds. The number of nitrogens with zero attached hydrogens (tertiary/aromatic N) is 1. The van der Waals surface area contributed by atoms with Crippen LogP contribution >= 0.6 is 0 Å². The number of esters is 1. The minimum Gasteiger partial charge on any atom is -0.457 e. The fraction of sp³-hybridized carbons (Fsp3) is 0.591. The van der Waals surface area contributed by atoms with E-state index in [0.717, 1.165) is 5.56 Å². The van der Waals surface area contributed by atoms with Crippen molar-refractivity contribution in [3.8, 4) is 0 Å². The van der Waals surface area contributed by atoms with E-state index in [0.29, 0.717) is 18.5 Å². The SMILES string of the molecule is CC(C)[C@@H](O[C@H](c1ccccc1)[C@H](C)NC=O)C1=NOC(C(=O)OC(C)(C)C)C1. The molecule has 0 spiro atoms. The Kier molecular flexibility index (Phi) is 7.79. The molecule has 0 fully saturated rings. The van der Waals surface area contributed by atoms with Gasteiger partial charge in [-0.15, -0.1) is 0 Å². The molecule has 0 saturated heterocycles. The summed E-state index contributed by atoms with van der Waals surface area (Å²) < 4.78 is 11.8. The van der Waals surface area contributed by atoms with Crippen LogP contribution in [-0.4, -0.2) is 41.9 Å². The summed E-state index contributed by atoms with van der Waals surface area (Å²) in [5, 5.41) is 6.92. The third-order valence-corrected chi connectivity index (χ3v) is 4.50. The minimum atomic E-state index is -0.769. The summed E-state index contributed by atoms with van der Waals surface area (Å²) >= 11 is 0.